The van der Waals surface area contributed by atoms with Crippen molar-refractivity contribution in [2.24, 2.45) is 0 Å². The molecule has 2 heterocycles. The number of amides is 1. The highest BCUT2D eigenvalue weighted by Gasteiger charge is 2.16. The monoisotopic (exact) mass is 382 g/mol. The van der Waals surface area contributed by atoms with Crippen LogP contribution in [0.2, 0.25) is 0 Å². The summed E-state index contributed by atoms with van der Waals surface area (Å²) in [6, 6.07) is 21.3. The number of hydrogen-bond acceptors (Lipinski definition) is 3. The molecule has 2 aromatic heterocycles. The van der Waals surface area contributed by atoms with Crippen LogP contribution in [0, 0.1) is 5.82 Å². The van der Waals surface area contributed by atoms with Gasteiger partial charge in [0.05, 0.1) is 5.56 Å². The fraction of sp³-hybridized carbons (Fsp3) is 0. The molecule has 2 N–H and O–H groups in total. The van der Waals surface area contributed by atoms with Gasteiger partial charge in [0.25, 0.3) is 5.91 Å². The fourth-order valence-electron chi connectivity index (χ4n) is 3.36. The van der Waals surface area contributed by atoms with Gasteiger partial charge < -0.3 is 10.3 Å². The Labute approximate surface area is 165 Å². The minimum absolute atomic E-state index is 0.272. The summed E-state index contributed by atoms with van der Waals surface area (Å²) in [5, 5.41) is 4.99. The highest BCUT2D eigenvalue weighted by Crippen LogP contribution is 2.25. The number of benzene rings is 3. The van der Waals surface area contributed by atoms with Crippen LogP contribution in [0.5, 0.6) is 0 Å². The van der Waals surface area contributed by atoms with Crippen molar-refractivity contribution in [2.75, 3.05) is 5.32 Å². The lowest BCUT2D eigenvalue weighted by atomic mass is 10.1. The van der Waals surface area contributed by atoms with E-state index in [1.165, 1.54) is 12.1 Å². The Morgan fingerprint density at radius 3 is 2.59 bits per heavy atom. The molecule has 0 radical (unpaired) electrons. The summed E-state index contributed by atoms with van der Waals surface area (Å²) in [5.41, 5.74) is 2.81. The number of nitrogens with zero attached hydrogens (tertiary/aromatic N) is 2. The zero-order chi connectivity index (χ0) is 19.8. The Bertz CT molecular complexity index is 1350. The number of H-pyrrole nitrogens is 1. The number of rotatable bonds is 3. The number of hydrogen-bond donors (Lipinski definition) is 2. The van der Waals surface area contributed by atoms with Gasteiger partial charge >= 0.3 is 0 Å². The molecular weight excluding hydrogens is 367 g/mol. The number of carbonyl (C=O) groups excluding carboxylic acids is 1. The van der Waals surface area contributed by atoms with Crippen molar-refractivity contribution >= 4 is 33.5 Å². The molecule has 29 heavy (non-hydrogen) atoms. The molecule has 0 saturated heterocycles. The normalized spacial score (nSPS) is 11.1. The van der Waals surface area contributed by atoms with Gasteiger partial charge in [0.2, 0.25) is 0 Å². The Morgan fingerprint density at radius 2 is 1.72 bits per heavy atom. The van der Waals surface area contributed by atoms with Crippen molar-refractivity contribution in [2.45, 2.75) is 0 Å². The molecule has 1 amide bonds. The van der Waals surface area contributed by atoms with E-state index < -0.39 is 0 Å². The van der Waals surface area contributed by atoms with E-state index in [1.54, 1.807) is 24.4 Å². The minimum atomic E-state index is -0.321. The molecule has 0 saturated carbocycles. The second kappa shape index (κ2) is 6.83. The van der Waals surface area contributed by atoms with E-state index >= 15 is 0 Å². The Kier molecular flexibility index (Phi) is 4.02. The van der Waals surface area contributed by atoms with Gasteiger partial charge in [-0.2, -0.15) is 0 Å². The molecule has 0 bridgehead atoms. The van der Waals surface area contributed by atoms with E-state index in [2.05, 4.69) is 20.3 Å². The van der Waals surface area contributed by atoms with Crippen molar-refractivity contribution < 1.29 is 9.18 Å². The van der Waals surface area contributed by atoms with Gasteiger partial charge in [0, 0.05) is 22.8 Å². The summed E-state index contributed by atoms with van der Waals surface area (Å²) in [4.78, 5) is 24.9. The SMILES string of the molecule is O=C(Nc1cccc2ccccc12)c1ccnc2[nH]c(-c3ccc(F)cc3)nc12. The first-order valence-electron chi connectivity index (χ1n) is 9.09. The summed E-state index contributed by atoms with van der Waals surface area (Å²) >= 11 is 0. The van der Waals surface area contributed by atoms with Crippen LogP contribution in [-0.2, 0) is 0 Å². The number of pyridine rings is 1. The highest BCUT2D eigenvalue weighted by atomic mass is 19.1. The van der Waals surface area contributed by atoms with Crippen LogP contribution >= 0.6 is 0 Å². The van der Waals surface area contributed by atoms with Gasteiger partial charge in [-0.1, -0.05) is 36.4 Å². The van der Waals surface area contributed by atoms with Gasteiger partial charge in [0.1, 0.15) is 17.2 Å². The summed E-state index contributed by atoms with van der Waals surface area (Å²) < 4.78 is 13.2. The predicted octanol–water partition coefficient (Wildman–Crippen LogP) is 5.17. The van der Waals surface area contributed by atoms with Crippen LogP contribution in [0.3, 0.4) is 0 Å². The maximum atomic E-state index is 13.2. The second-order valence-corrected chi connectivity index (χ2v) is 6.63. The minimum Gasteiger partial charge on any atom is -0.323 e. The van der Waals surface area contributed by atoms with Gasteiger partial charge in [0.15, 0.2) is 5.65 Å². The standard InChI is InChI=1S/C23H15FN4O/c24-16-10-8-15(9-11-16)21-27-20-18(12-13-25-22(20)28-21)23(29)26-19-7-3-5-14-4-1-2-6-17(14)19/h1-13H,(H,26,29)(H,25,27,28). The third-order valence-electron chi connectivity index (χ3n) is 4.78. The van der Waals surface area contributed by atoms with Crippen LogP contribution < -0.4 is 5.32 Å². The maximum absolute atomic E-state index is 13.2. The smallest absolute Gasteiger partial charge is 0.258 e. The molecule has 5 aromatic rings. The first kappa shape index (κ1) is 17.1. The van der Waals surface area contributed by atoms with E-state index in [1.807, 2.05) is 42.5 Å². The third-order valence-corrected chi connectivity index (χ3v) is 4.78. The summed E-state index contributed by atoms with van der Waals surface area (Å²) in [6.45, 7) is 0. The van der Waals surface area contributed by atoms with Crippen molar-refractivity contribution in [1.29, 1.82) is 0 Å². The molecule has 0 atom stereocenters. The van der Waals surface area contributed by atoms with E-state index in [9.17, 15) is 9.18 Å². The summed E-state index contributed by atoms with van der Waals surface area (Å²) in [6.07, 6.45) is 1.56. The first-order valence-corrected chi connectivity index (χ1v) is 9.09. The quantitative estimate of drug-likeness (QED) is 0.452. The highest BCUT2D eigenvalue weighted by molar-refractivity contribution is 6.14. The number of anilines is 1. The molecule has 0 fully saturated rings. The van der Waals surface area contributed by atoms with E-state index in [0.717, 1.165) is 16.5 Å². The molecule has 0 unspecified atom stereocenters. The van der Waals surface area contributed by atoms with Gasteiger partial charge in [-0.3, -0.25) is 4.79 Å². The number of aromatic amines is 1. The van der Waals surface area contributed by atoms with Gasteiger partial charge in [-0.05, 0) is 41.8 Å². The Morgan fingerprint density at radius 1 is 0.931 bits per heavy atom. The van der Waals surface area contributed by atoms with Gasteiger partial charge in [-0.25, -0.2) is 14.4 Å². The molecule has 0 aliphatic rings. The molecule has 3 aromatic carbocycles. The second-order valence-electron chi connectivity index (χ2n) is 6.63. The van der Waals surface area contributed by atoms with Crippen molar-refractivity contribution in [1.82, 2.24) is 15.0 Å². The van der Waals surface area contributed by atoms with Crippen molar-refractivity contribution in [3.63, 3.8) is 0 Å². The molecule has 140 valence electrons. The third kappa shape index (κ3) is 3.10. The molecular formula is C23H15FN4O. The van der Waals surface area contributed by atoms with Crippen LogP contribution in [0.25, 0.3) is 33.3 Å². The lowest BCUT2D eigenvalue weighted by Gasteiger charge is -2.09. The molecule has 0 aliphatic heterocycles. The molecule has 5 nitrogen and oxygen atoms in total. The molecule has 6 heteroatoms. The molecule has 0 spiro atoms. The lowest BCUT2D eigenvalue weighted by molar-refractivity contribution is 0.102. The largest absolute Gasteiger partial charge is 0.323 e. The lowest BCUT2D eigenvalue weighted by Crippen LogP contribution is -2.13. The zero-order valence-corrected chi connectivity index (χ0v) is 15.2. The number of halogens is 1. The summed E-state index contributed by atoms with van der Waals surface area (Å²) in [7, 11) is 0. The Balaban J connectivity index is 1.54. The topological polar surface area (TPSA) is 70.7 Å². The zero-order valence-electron chi connectivity index (χ0n) is 15.2. The average molecular weight is 382 g/mol. The number of imidazole rings is 1. The fourth-order valence-corrected chi connectivity index (χ4v) is 3.36. The van der Waals surface area contributed by atoms with E-state index in [4.69, 9.17) is 0 Å². The van der Waals surface area contributed by atoms with E-state index in [0.29, 0.717) is 28.1 Å². The van der Waals surface area contributed by atoms with Crippen molar-refractivity contribution in [3.05, 3.63) is 90.4 Å². The summed E-state index contributed by atoms with van der Waals surface area (Å²) in [5.74, 6) is -0.0676. The Hall–Kier alpha value is -4.06. The van der Waals surface area contributed by atoms with Crippen LogP contribution in [0.4, 0.5) is 10.1 Å². The van der Waals surface area contributed by atoms with E-state index in [-0.39, 0.29) is 11.7 Å². The molecule has 5 rings (SSSR count). The first-order chi connectivity index (χ1) is 14.2. The maximum Gasteiger partial charge on any atom is 0.258 e. The van der Waals surface area contributed by atoms with Crippen LogP contribution in [-0.4, -0.2) is 20.9 Å². The van der Waals surface area contributed by atoms with Crippen LogP contribution in [0.15, 0.2) is 79.0 Å². The molecule has 0 aliphatic carbocycles. The average Bonchev–Trinajstić information content (AvgIpc) is 3.19. The van der Waals surface area contributed by atoms with Gasteiger partial charge in [-0.15, -0.1) is 0 Å². The predicted molar refractivity (Wildman–Crippen MR) is 111 cm³/mol. The van der Waals surface area contributed by atoms with Crippen molar-refractivity contribution in [3.8, 4) is 11.4 Å². The number of fused-ring (bicyclic) bond motifs is 2. The number of aromatic nitrogens is 3. The number of nitrogens with one attached hydrogen (secondary N) is 2. The number of carbonyl (C=O) groups is 1. The van der Waals surface area contributed by atoms with Crippen LogP contribution in [0.1, 0.15) is 10.4 Å².